The van der Waals surface area contributed by atoms with Crippen LogP contribution in [0, 0.1) is 0 Å². The second-order valence-corrected chi connectivity index (χ2v) is 13.9. The zero-order valence-electron chi connectivity index (χ0n) is 31.6. The second-order valence-electron chi connectivity index (χ2n) is 13.9. The average Bonchev–Trinajstić information content (AvgIpc) is 3.15. The lowest BCUT2D eigenvalue weighted by Crippen LogP contribution is -2.78. The van der Waals surface area contributed by atoms with Gasteiger partial charge in [-0.05, 0) is 0 Å². The van der Waals surface area contributed by atoms with Crippen LogP contribution >= 0.6 is 0 Å². The number of rotatable bonds is 24. The molecule has 0 fully saturated rings. The van der Waals surface area contributed by atoms with E-state index < -0.39 is 157 Å². The Kier molecular flexibility index (Phi) is 16.8. The molecule has 73 heavy (non-hydrogen) atoms. The van der Waals surface area contributed by atoms with Crippen LogP contribution in [0.15, 0.2) is 0 Å². The topological polar surface area (TPSA) is 9.23 Å². The van der Waals surface area contributed by atoms with Gasteiger partial charge >= 0.3 is 131 Å². The summed E-state index contributed by atoms with van der Waals surface area (Å²) in [5.41, 5.74) is 0. The zero-order chi connectivity index (χ0) is 60.5. The molecule has 0 amide bonds. The minimum atomic E-state index is -10.0. The van der Waals surface area contributed by atoms with Crippen molar-refractivity contribution in [3.8, 4) is 0 Å². The number of ether oxygens (including phenoxy) is 1. The smallest absolute Gasteiger partial charge is 0.381 e. The lowest BCUT2D eigenvalue weighted by Gasteiger charge is -2.45. The molecule has 0 N–H and O–H groups in total. The van der Waals surface area contributed by atoms with E-state index >= 15 is 0 Å². The van der Waals surface area contributed by atoms with Crippen LogP contribution in [0.2, 0.25) is 0 Å². The first-order valence-corrected chi connectivity index (χ1v) is 16.0. The van der Waals surface area contributed by atoms with Crippen LogP contribution in [0.5, 0.6) is 0 Å². The molecule has 0 aliphatic heterocycles. The Morgan fingerprint density at radius 1 is 0.151 bits per heavy atom. The van der Waals surface area contributed by atoms with Gasteiger partial charge in [-0.15, -0.1) is 0 Å². The minimum absolute atomic E-state index is 3.05. The van der Waals surface area contributed by atoms with Crippen LogP contribution < -0.4 is 0 Å². The van der Waals surface area contributed by atoms with Gasteiger partial charge in [-0.3, -0.25) is 0 Å². The Bertz CT molecular complexity index is 1920. The molecular weight excluding hydrogens is 1200 g/mol. The molecule has 0 aromatic rings. The molecule has 0 saturated carbocycles. The highest BCUT2D eigenvalue weighted by Gasteiger charge is 3.01. The summed E-state index contributed by atoms with van der Waals surface area (Å²) in [5.74, 6) is -187. The van der Waals surface area contributed by atoms with Gasteiger partial charge in [0.1, 0.15) is 0 Å². The van der Waals surface area contributed by atoms with E-state index in [1.807, 2.05) is 0 Å². The van der Waals surface area contributed by atoms with Crippen LogP contribution in [0.25, 0.3) is 0 Å². The molecule has 0 aromatic heterocycles. The van der Waals surface area contributed by atoms with Crippen molar-refractivity contribution in [3.63, 3.8) is 0 Å². The SMILES string of the molecule is FC(F)(F)C(F)(F)C(F)(F)C(F)(F)C(F)(F)C(F)(F)C(F)(F)C(F)(F)C(F)(F)C(F)(F)CCOCCC(F)(F)C(F)(F)C(F)(F)C(F)(F)C(F)(F)C(F)(F)C(F)(F)C(F)(F)C(F)(F)C(F)(F)C(F)(F)C(F)(F)F. The van der Waals surface area contributed by atoms with Gasteiger partial charge in [0, 0.05) is 12.8 Å². The van der Waals surface area contributed by atoms with Gasteiger partial charge in [0.25, 0.3) is 0 Å². The molecular formula is C26H8F46O. The summed E-state index contributed by atoms with van der Waals surface area (Å²) >= 11 is 0. The molecule has 1 nitrogen and oxygen atoms in total. The van der Waals surface area contributed by atoms with Crippen molar-refractivity contribution < 1.29 is 207 Å². The fourth-order valence-corrected chi connectivity index (χ4v) is 4.39. The molecule has 0 saturated heterocycles. The summed E-state index contributed by atoms with van der Waals surface area (Å²) in [6.45, 7) is -6.59. The summed E-state index contributed by atoms with van der Waals surface area (Å²) in [7, 11) is 0. The van der Waals surface area contributed by atoms with Crippen LogP contribution in [-0.4, -0.2) is 144 Å². The van der Waals surface area contributed by atoms with Crippen molar-refractivity contribution in [2.24, 2.45) is 0 Å². The van der Waals surface area contributed by atoms with E-state index in [-0.39, 0.29) is 0 Å². The minimum Gasteiger partial charge on any atom is -0.381 e. The van der Waals surface area contributed by atoms with Crippen molar-refractivity contribution in [2.45, 2.75) is 144 Å². The van der Waals surface area contributed by atoms with Gasteiger partial charge in [-0.1, -0.05) is 0 Å². The van der Waals surface area contributed by atoms with Gasteiger partial charge in [0.05, 0.1) is 13.2 Å². The average molecular weight is 1210 g/mol. The third-order valence-electron chi connectivity index (χ3n) is 9.06. The Hall–Kier alpha value is -3.26. The van der Waals surface area contributed by atoms with Crippen molar-refractivity contribution in [1.29, 1.82) is 0 Å². The predicted molar refractivity (Wildman–Crippen MR) is 131 cm³/mol. The molecule has 440 valence electrons. The van der Waals surface area contributed by atoms with Crippen LogP contribution in [0.4, 0.5) is 202 Å². The highest BCUT2D eigenvalue weighted by Crippen LogP contribution is 2.70. The molecule has 0 unspecified atom stereocenters. The Labute approximate surface area is 365 Å². The molecule has 0 bridgehead atoms. The van der Waals surface area contributed by atoms with Crippen molar-refractivity contribution in [2.75, 3.05) is 13.2 Å². The molecule has 0 heterocycles. The molecule has 0 radical (unpaired) electrons. The molecule has 0 spiro atoms. The van der Waals surface area contributed by atoms with E-state index in [0.717, 1.165) is 0 Å². The molecule has 0 atom stereocenters. The van der Waals surface area contributed by atoms with Crippen LogP contribution in [-0.2, 0) is 4.74 Å². The third-order valence-corrected chi connectivity index (χ3v) is 9.06. The molecule has 47 heteroatoms. The lowest BCUT2D eigenvalue weighted by molar-refractivity contribution is -0.482. The highest BCUT2D eigenvalue weighted by molar-refractivity contribution is 5.21. The van der Waals surface area contributed by atoms with Crippen molar-refractivity contribution >= 4 is 0 Å². The first kappa shape index (κ1) is 69.7. The van der Waals surface area contributed by atoms with Gasteiger partial charge in [0.2, 0.25) is 0 Å². The third kappa shape index (κ3) is 8.78. The Morgan fingerprint density at radius 2 is 0.260 bits per heavy atom. The monoisotopic (exact) mass is 1210 g/mol. The number of hydrogen-bond donors (Lipinski definition) is 0. The number of halogens is 46. The van der Waals surface area contributed by atoms with Crippen molar-refractivity contribution in [1.82, 2.24) is 0 Å². The molecule has 0 aliphatic rings. The number of hydrogen-bond acceptors (Lipinski definition) is 1. The van der Waals surface area contributed by atoms with E-state index in [1.54, 1.807) is 0 Å². The summed E-state index contributed by atoms with van der Waals surface area (Å²) < 4.78 is 623. The Balaban J connectivity index is 6.89. The molecule has 0 aliphatic carbocycles. The normalized spacial score (nSPS) is 17.2. The van der Waals surface area contributed by atoms with Crippen LogP contribution in [0.3, 0.4) is 0 Å². The summed E-state index contributed by atoms with van der Waals surface area (Å²) in [5, 5.41) is 0. The summed E-state index contributed by atoms with van der Waals surface area (Å²) in [6.07, 6.45) is -24.8. The van der Waals surface area contributed by atoms with Gasteiger partial charge in [-0.2, -0.15) is 202 Å². The maximum atomic E-state index is 14.0. The largest absolute Gasteiger partial charge is 0.460 e. The predicted octanol–water partition coefficient (Wildman–Crippen LogP) is 15.6. The fraction of sp³-hybridized carbons (Fsp3) is 1.00. The standard InChI is InChI=1S/C26H8F46O/c27-5(28,7(31,32)9(35,36)11(39,40)13(43,44)15(47,48)16(49,50)18(53,54)20(57,58)22(61,62)24(65,66)26(70,71)72)1-3-73-4-2-6(29,30)8(33,34)10(37,38)12(41,42)14(45,46)17(51,52)19(55,56)21(59,60)23(63,64)25(67,68)69/h1-4H2. The highest BCUT2D eigenvalue weighted by atomic mass is 19.5. The Morgan fingerprint density at radius 3 is 0.384 bits per heavy atom. The summed E-state index contributed by atoms with van der Waals surface area (Å²) in [6, 6.07) is 0. The molecule has 0 aromatic carbocycles. The van der Waals surface area contributed by atoms with Crippen LogP contribution in [0.1, 0.15) is 12.8 Å². The van der Waals surface area contributed by atoms with Gasteiger partial charge in [0.15, 0.2) is 0 Å². The van der Waals surface area contributed by atoms with Gasteiger partial charge in [-0.25, -0.2) is 0 Å². The van der Waals surface area contributed by atoms with E-state index in [9.17, 15) is 202 Å². The second kappa shape index (κ2) is 17.6. The van der Waals surface area contributed by atoms with Gasteiger partial charge < -0.3 is 4.74 Å². The maximum Gasteiger partial charge on any atom is 0.460 e. The fourth-order valence-electron chi connectivity index (χ4n) is 4.39. The lowest BCUT2D eigenvalue weighted by atomic mass is 9.84. The quantitative estimate of drug-likeness (QED) is 0.0691. The molecule has 0 rings (SSSR count). The maximum absolute atomic E-state index is 14.0. The van der Waals surface area contributed by atoms with E-state index in [1.165, 1.54) is 0 Å². The first-order valence-electron chi connectivity index (χ1n) is 16.0. The zero-order valence-corrected chi connectivity index (χ0v) is 31.6. The van der Waals surface area contributed by atoms with E-state index in [2.05, 4.69) is 4.74 Å². The summed E-state index contributed by atoms with van der Waals surface area (Å²) in [4.78, 5) is 0. The number of alkyl halides is 46. The van der Waals surface area contributed by atoms with E-state index in [0.29, 0.717) is 0 Å². The van der Waals surface area contributed by atoms with Crippen molar-refractivity contribution in [3.05, 3.63) is 0 Å². The van der Waals surface area contributed by atoms with E-state index in [4.69, 9.17) is 0 Å². The first-order chi connectivity index (χ1) is 30.7.